The molecule has 0 aliphatic heterocycles. The second-order valence-corrected chi connectivity index (χ2v) is 4.44. The molecule has 0 bridgehead atoms. The van der Waals surface area contributed by atoms with Gasteiger partial charge in [-0.1, -0.05) is 12.1 Å². The molecule has 2 rings (SSSR count). The number of hydrogen-bond donors (Lipinski definition) is 1. The summed E-state index contributed by atoms with van der Waals surface area (Å²) in [4.78, 5) is 4.60. The third-order valence-electron chi connectivity index (χ3n) is 2.70. The summed E-state index contributed by atoms with van der Waals surface area (Å²) in [6, 6.07) is 6.14. The Bertz CT molecular complexity index is 521. The van der Waals surface area contributed by atoms with Crippen LogP contribution in [0.4, 0.5) is 5.69 Å². The largest absolute Gasteiger partial charge is 0.387 e. The maximum atomic E-state index is 4.60. The van der Waals surface area contributed by atoms with Crippen molar-refractivity contribution in [3.05, 3.63) is 33.9 Å². The smallest absolute Gasteiger partial charge is 0.0868 e. The van der Waals surface area contributed by atoms with Gasteiger partial charge < -0.3 is 5.32 Å². The average molecular weight is 265 g/mol. The zero-order chi connectivity index (χ0) is 11.0. The fraction of sp³-hybridized carbons (Fsp3) is 0.250. The number of nitrogens with one attached hydrogen (secondary N) is 1. The SMILES string of the molecule is CNc1c(C)c(C)nc2c(Br)cccc12. The quantitative estimate of drug-likeness (QED) is 0.851. The van der Waals surface area contributed by atoms with Gasteiger partial charge in [-0.3, -0.25) is 4.98 Å². The standard InChI is InChI=1S/C12H13BrN2/c1-7-8(2)15-12-9(11(7)14-3)5-4-6-10(12)13/h4-6H,1-3H3,(H,14,15). The Hall–Kier alpha value is -1.09. The molecule has 0 fully saturated rings. The predicted octanol–water partition coefficient (Wildman–Crippen LogP) is 3.66. The lowest BCUT2D eigenvalue weighted by molar-refractivity contribution is 1.19. The minimum absolute atomic E-state index is 1.02. The predicted molar refractivity (Wildman–Crippen MR) is 68.5 cm³/mol. The van der Waals surface area contributed by atoms with Crippen LogP contribution in [0.25, 0.3) is 10.9 Å². The summed E-state index contributed by atoms with van der Waals surface area (Å²) in [6.07, 6.45) is 0. The molecule has 0 atom stereocenters. The van der Waals surface area contributed by atoms with E-state index in [9.17, 15) is 0 Å². The monoisotopic (exact) mass is 264 g/mol. The number of fused-ring (bicyclic) bond motifs is 1. The molecular weight excluding hydrogens is 252 g/mol. The van der Waals surface area contributed by atoms with Crippen LogP contribution < -0.4 is 5.32 Å². The van der Waals surface area contributed by atoms with E-state index in [0.29, 0.717) is 0 Å². The molecule has 1 aromatic carbocycles. The summed E-state index contributed by atoms with van der Waals surface area (Å²) in [7, 11) is 1.95. The van der Waals surface area contributed by atoms with Crippen LogP contribution in [0.3, 0.4) is 0 Å². The minimum atomic E-state index is 1.02. The molecule has 78 valence electrons. The highest BCUT2D eigenvalue weighted by atomic mass is 79.9. The molecule has 1 N–H and O–H groups in total. The number of halogens is 1. The summed E-state index contributed by atoms with van der Waals surface area (Å²) in [5, 5.41) is 4.41. The number of nitrogens with zero attached hydrogens (tertiary/aromatic N) is 1. The van der Waals surface area contributed by atoms with E-state index < -0.39 is 0 Å². The fourth-order valence-corrected chi connectivity index (χ4v) is 2.24. The molecule has 0 radical (unpaired) electrons. The van der Waals surface area contributed by atoms with Crippen LogP contribution in [-0.2, 0) is 0 Å². The molecule has 2 nitrogen and oxygen atoms in total. The van der Waals surface area contributed by atoms with E-state index in [4.69, 9.17) is 0 Å². The molecule has 0 saturated heterocycles. The van der Waals surface area contributed by atoms with Crippen molar-refractivity contribution in [2.75, 3.05) is 12.4 Å². The molecule has 1 aromatic heterocycles. The normalized spacial score (nSPS) is 10.7. The zero-order valence-electron chi connectivity index (χ0n) is 9.06. The Kier molecular flexibility index (Phi) is 2.65. The summed E-state index contributed by atoms with van der Waals surface area (Å²) < 4.78 is 1.04. The highest BCUT2D eigenvalue weighted by molar-refractivity contribution is 9.10. The fourth-order valence-electron chi connectivity index (χ4n) is 1.79. The van der Waals surface area contributed by atoms with Gasteiger partial charge in [0.15, 0.2) is 0 Å². The maximum absolute atomic E-state index is 4.60. The Morgan fingerprint density at radius 3 is 2.67 bits per heavy atom. The van der Waals surface area contributed by atoms with Crippen LogP contribution in [0.5, 0.6) is 0 Å². The van der Waals surface area contributed by atoms with Crippen LogP contribution in [0.15, 0.2) is 22.7 Å². The number of rotatable bonds is 1. The van der Waals surface area contributed by atoms with Crippen LogP contribution >= 0.6 is 15.9 Å². The Balaban J connectivity index is 2.94. The van der Waals surface area contributed by atoms with E-state index in [1.807, 2.05) is 26.1 Å². The Labute approximate surface area is 97.8 Å². The molecule has 2 aromatic rings. The molecular formula is C12H13BrN2. The van der Waals surface area contributed by atoms with Crippen molar-refractivity contribution in [3.63, 3.8) is 0 Å². The highest BCUT2D eigenvalue weighted by Gasteiger charge is 2.09. The average Bonchev–Trinajstić information content (AvgIpc) is 2.22. The first-order valence-electron chi connectivity index (χ1n) is 4.88. The summed E-state index contributed by atoms with van der Waals surface area (Å²) in [5.41, 5.74) is 4.46. The molecule has 0 amide bonds. The summed E-state index contributed by atoms with van der Waals surface area (Å²) in [5.74, 6) is 0. The summed E-state index contributed by atoms with van der Waals surface area (Å²) in [6.45, 7) is 4.13. The van der Waals surface area contributed by atoms with Gasteiger partial charge in [-0.15, -0.1) is 0 Å². The highest BCUT2D eigenvalue weighted by Crippen LogP contribution is 2.31. The first-order valence-corrected chi connectivity index (χ1v) is 5.67. The van der Waals surface area contributed by atoms with Gasteiger partial charge in [-0.05, 0) is 41.4 Å². The first-order chi connectivity index (χ1) is 7.15. The van der Waals surface area contributed by atoms with Gasteiger partial charge in [0.2, 0.25) is 0 Å². The second kappa shape index (κ2) is 3.81. The lowest BCUT2D eigenvalue weighted by Gasteiger charge is -2.12. The van der Waals surface area contributed by atoms with E-state index >= 15 is 0 Å². The molecule has 0 spiro atoms. The van der Waals surface area contributed by atoms with Crippen molar-refractivity contribution in [1.82, 2.24) is 4.98 Å². The third-order valence-corrected chi connectivity index (χ3v) is 3.34. The molecule has 0 unspecified atom stereocenters. The maximum Gasteiger partial charge on any atom is 0.0868 e. The van der Waals surface area contributed by atoms with Gasteiger partial charge in [0.25, 0.3) is 0 Å². The molecule has 0 saturated carbocycles. The van der Waals surface area contributed by atoms with Crippen LogP contribution in [0.1, 0.15) is 11.3 Å². The van der Waals surface area contributed by atoms with Crippen LogP contribution in [0.2, 0.25) is 0 Å². The van der Waals surface area contributed by atoms with Gasteiger partial charge in [-0.25, -0.2) is 0 Å². The molecule has 3 heteroatoms. The van der Waals surface area contributed by atoms with Gasteiger partial charge >= 0.3 is 0 Å². The number of aryl methyl sites for hydroxylation is 1. The van der Waals surface area contributed by atoms with E-state index in [1.165, 1.54) is 11.3 Å². The lowest BCUT2D eigenvalue weighted by Crippen LogP contribution is -1.98. The van der Waals surface area contributed by atoms with Gasteiger partial charge in [0.1, 0.15) is 0 Å². The van der Waals surface area contributed by atoms with Crippen LogP contribution in [-0.4, -0.2) is 12.0 Å². The molecule has 15 heavy (non-hydrogen) atoms. The zero-order valence-corrected chi connectivity index (χ0v) is 10.6. The first kappa shape index (κ1) is 10.4. The van der Waals surface area contributed by atoms with Crippen molar-refractivity contribution in [1.29, 1.82) is 0 Å². The van der Waals surface area contributed by atoms with E-state index in [1.54, 1.807) is 0 Å². The second-order valence-electron chi connectivity index (χ2n) is 3.58. The number of hydrogen-bond acceptors (Lipinski definition) is 2. The number of benzene rings is 1. The van der Waals surface area contributed by atoms with E-state index in [2.05, 4.69) is 39.2 Å². The number of aromatic nitrogens is 1. The molecule has 1 heterocycles. The summed E-state index contributed by atoms with van der Waals surface area (Å²) >= 11 is 3.53. The molecule has 0 aliphatic carbocycles. The van der Waals surface area contributed by atoms with Crippen molar-refractivity contribution in [2.45, 2.75) is 13.8 Å². The van der Waals surface area contributed by atoms with Crippen molar-refractivity contribution in [2.24, 2.45) is 0 Å². The van der Waals surface area contributed by atoms with Crippen molar-refractivity contribution >= 4 is 32.5 Å². The number of anilines is 1. The van der Waals surface area contributed by atoms with E-state index in [-0.39, 0.29) is 0 Å². The third kappa shape index (κ3) is 1.61. The Morgan fingerprint density at radius 2 is 2.00 bits per heavy atom. The minimum Gasteiger partial charge on any atom is -0.387 e. The van der Waals surface area contributed by atoms with Gasteiger partial charge in [0.05, 0.1) is 5.52 Å². The number of para-hydroxylation sites is 1. The van der Waals surface area contributed by atoms with Crippen LogP contribution in [0, 0.1) is 13.8 Å². The molecule has 0 aliphatic rings. The Morgan fingerprint density at radius 1 is 1.27 bits per heavy atom. The van der Waals surface area contributed by atoms with E-state index in [0.717, 1.165) is 21.1 Å². The number of pyridine rings is 1. The van der Waals surface area contributed by atoms with Crippen molar-refractivity contribution < 1.29 is 0 Å². The topological polar surface area (TPSA) is 24.9 Å². The lowest BCUT2D eigenvalue weighted by atomic mass is 10.1. The van der Waals surface area contributed by atoms with Crippen molar-refractivity contribution in [3.8, 4) is 0 Å². The van der Waals surface area contributed by atoms with Gasteiger partial charge in [0, 0.05) is 28.3 Å². The van der Waals surface area contributed by atoms with Gasteiger partial charge in [-0.2, -0.15) is 0 Å².